The second-order valence-electron chi connectivity index (χ2n) is 11.3. The molecule has 0 aliphatic carbocycles. The second-order valence-corrected chi connectivity index (χ2v) is 12.1. The molecule has 5 aromatic rings. The molecular weight excluding hydrogens is 598 g/mol. The molecule has 0 unspecified atom stereocenters. The molecule has 1 aliphatic heterocycles. The van der Waals surface area contributed by atoms with E-state index < -0.39 is 5.82 Å². The monoisotopic (exact) mass is 628 g/mol. The van der Waals surface area contributed by atoms with E-state index in [2.05, 4.69) is 75.0 Å². The number of likely N-dealkylation sites (tertiary alicyclic amines) is 1. The van der Waals surface area contributed by atoms with Crippen molar-refractivity contribution >= 4 is 51.2 Å². The first-order chi connectivity index (χ1) is 21.3. The fourth-order valence-electron chi connectivity index (χ4n) is 5.52. The SMILES string of the molecule is CC(C)n1cc([C@@H](Nc2cc(Cl)c3ncc(C#N)c(Nc4ccc(F)c(Cl)c4)c3c2)c2cccc(CN3CCCC3)c2)nn1. The first-order valence-electron chi connectivity index (χ1n) is 14.5. The maximum Gasteiger partial charge on any atom is 0.141 e. The number of nitrogens with one attached hydrogen (secondary N) is 2. The van der Waals surface area contributed by atoms with Gasteiger partial charge in [-0.25, -0.2) is 9.07 Å². The number of nitriles is 1. The normalized spacial score (nSPS) is 14.2. The van der Waals surface area contributed by atoms with Gasteiger partial charge in [-0.1, -0.05) is 52.7 Å². The van der Waals surface area contributed by atoms with Gasteiger partial charge in [0.15, 0.2) is 0 Å². The number of hydrogen-bond acceptors (Lipinski definition) is 7. The van der Waals surface area contributed by atoms with Gasteiger partial charge in [0, 0.05) is 35.5 Å². The van der Waals surface area contributed by atoms with Gasteiger partial charge < -0.3 is 10.6 Å². The third kappa shape index (κ3) is 6.34. The van der Waals surface area contributed by atoms with Gasteiger partial charge in [-0.3, -0.25) is 9.88 Å². The molecule has 1 aliphatic rings. The second kappa shape index (κ2) is 12.8. The Hall–Kier alpha value is -4.23. The van der Waals surface area contributed by atoms with Crippen LogP contribution in [-0.4, -0.2) is 38.0 Å². The Kier molecular flexibility index (Phi) is 8.67. The van der Waals surface area contributed by atoms with Gasteiger partial charge in [-0.2, -0.15) is 5.26 Å². The van der Waals surface area contributed by atoms with Crippen LogP contribution in [0, 0.1) is 17.1 Å². The molecule has 44 heavy (non-hydrogen) atoms. The minimum atomic E-state index is -0.531. The van der Waals surface area contributed by atoms with E-state index in [9.17, 15) is 9.65 Å². The third-order valence-electron chi connectivity index (χ3n) is 7.79. The lowest BCUT2D eigenvalue weighted by molar-refractivity contribution is 0.331. The van der Waals surface area contributed by atoms with Crippen LogP contribution in [0.5, 0.6) is 0 Å². The highest BCUT2D eigenvalue weighted by Crippen LogP contribution is 2.37. The van der Waals surface area contributed by atoms with E-state index in [4.69, 9.17) is 23.2 Å². The molecule has 2 aromatic heterocycles. The number of anilines is 3. The highest BCUT2D eigenvalue weighted by molar-refractivity contribution is 6.36. The summed E-state index contributed by atoms with van der Waals surface area (Å²) in [4.78, 5) is 6.94. The summed E-state index contributed by atoms with van der Waals surface area (Å²) in [6, 6.07) is 18.6. The van der Waals surface area contributed by atoms with Crippen molar-refractivity contribution in [1.29, 1.82) is 5.26 Å². The number of halogens is 3. The van der Waals surface area contributed by atoms with Crippen molar-refractivity contribution in [3.05, 3.63) is 105 Å². The number of pyridine rings is 1. The number of nitrogens with zero attached hydrogens (tertiary/aromatic N) is 6. The molecule has 0 bridgehead atoms. The van der Waals surface area contributed by atoms with Crippen LogP contribution >= 0.6 is 23.2 Å². The average molecular weight is 630 g/mol. The minimum absolute atomic E-state index is 0.0310. The highest BCUT2D eigenvalue weighted by Gasteiger charge is 2.22. The zero-order valence-electron chi connectivity index (χ0n) is 24.4. The zero-order chi connectivity index (χ0) is 30.8. The first-order valence-corrected chi connectivity index (χ1v) is 15.3. The lowest BCUT2D eigenvalue weighted by Gasteiger charge is -2.21. The van der Waals surface area contributed by atoms with Crippen molar-refractivity contribution in [2.24, 2.45) is 0 Å². The Labute approximate surface area is 265 Å². The Bertz CT molecular complexity index is 1860. The fraction of sp³-hybridized carbons (Fsp3) is 0.273. The summed E-state index contributed by atoms with van der Waals surface area (Å²) >= 11 is 12.8. The molecule has 1 saturated heterocycles. The van der Waals surface area contributed by atoms with E-state index in [1.54, 1.807) is 6.07 Å². The molecule has 6 rings (SSSR count). The van der Waals surface area contributed by atoms with E-state index in [0.717, 1.165) is 30.9 Å². The Morgan fingerprint density at radius 2 is 1.82 bits per heavy atom. The van der Waals surface area contributed by atoms with Gasteiger partial charge in [-0.05, 0) is 81.2 Å². The Morgan fingerprint density at radius 1 is 1.02 bits per heavy atom. The van der Waals surface area contributed by atoms with Crippen molar-refractivity contribution in [3.63, 3.8) is 0 Å². The quantitative estimate of drug-likeness (QED) is 0.170. The van der Waals surface area contributed by atoms with E-state index >= 15 is 0 Å². The maximum absolute atomic E-state index is 13.9. The van der Waals surface area contributed by atoms with E-state index in [-0.39, 0.29) is 17.1 Å². The summed E-state index contributed by atoms with van der Waals surface area (Å²) in [6.07, 6.45) is 5.89. The molecular formula is C33H31Cl2FN8. The molecule has 2 N–H and O–H groups in total. The summed E-state index contributed by atoms with van der Waals surface area (Å²) in [5.41, 5.74) is 5.56. The Balaban J connectivity index is 1.42. The topological polar surface area (TPSA) is 94.7 Å². The summed E-state index contributed by atoms with van der Waals surface area (Å²) in [6.45, 7) is 7.24. The predicted molar refractivity (Wildman–Crippen MR) is 173 cm³/mol. The van der Waals surface area contributed by atoms with Gasteiger partial charge in [0.1, 0.15) is 17.6 Å². The van der Waals surface area contributed by atoms with Crippen molar-refractivity contribution in [2.45, 2.75) is 45.3 Å². The number of benzene rings is 3. The van der Waals surface area contributed by atoms with Crippen LogP contribution in [0.2, 0.25) is 10.0 Å². The average Bonchev–Trinajstić information content (AvgIpc) is 3.71. The van der Waals surface area contributed by atoms with Crippen LogP contribution in [-0.2, 0) is 6.54 Å². The zero-order valence-corrected chi connectivity index (χ0v) is 25.9. The lowest BCUT2D eigenvalue weighted by atomic mass is 10.0. The maximum atomic E-state index is 13.9. The Morgan fingerprint density at radius 3 is 2.55 bits per heavy atom. The molecule has 3 aromatic carbocycles. The van der Waals surface area contributed by atoms with Crippen molar-refractivity contribution in [2.75, 3.05) is 23.7 Å². The molecule has 1 atom stereocenters. The molecule has 0 amide bonds. The number of fused-ring (bicyclic) bond motifs is 1. The van der Waals surface area contributed by atoms with Crippen molar-refractivity contribution in [3.8, 4) is 6.07 Å². The molecule has 3 heterocycles. The van der Waals surface area contributed by atoms with Crippen molar-refractivity contribution in [1.82, 2.24) is 24.9 Å². The first kappa shape index (κ1) is 29.8. The smallest absolute Gasteiger partial charge is 0.141 e. The van der Waals surface area contributed by atoms with Crippen LogP contribution in [0.3, 0.4) is 0 Å². The van der Waals surface area contributed by atoms with Gasteiger partial charge in [-0.15, -0.1) is 5.10 Å². The van der Waals surface area contributed by atoms with Gasteiger partial charge in [0.05, 0.1) is 39.1 Å². The molecule has 0 radical (unpaired) electrons. The van der Waals surface area contributed by atoms with E-state index in [1.807, 2.05) is 23.0 Å². The molecule has 0 spiro atoms. The molecule has 0 saturated carbocycles. The standard InChI is InChI=1S/C33H31Cl2FN8/c1-20(2)44-19-30(41-42-44)32(22-7-5-6-21(12-22)18-43-10-3-4-11-43)40-25-13-26-31(39-24-8-9-29(36)27(34)14-24)23(16-37)17-38-33(26)28(35)15-25/h5-9,12-15,17,19-20,32,40H,3-4,10-11,18H2,1-2H3,(H,38,39)/t32-/m0/s1. The molecule has 224 valence electrons. The van der Waals surface area contributed by atoms with E-state index in [0.29, 0.717) is 38.6 Å². The van der Waals surface area contributed by atoms with Gasteiger partial charge >= 0.3 is 0 Å². The fourth-order valence-corrected chi connectivity index (χ4v) is 5.97. The molecule has 8 nitrogen and oxygen atoms in total. The van der Waals surface area contributed by atoms with Crippen LogP contribution in [0.15, 0.2) is 67.0 Å². The van der Waals surface area contributed by atoms with E-state index in [1.165, 1.54) is 36.7 Å². The van der Waals surface area contributed by atoms with Crippen LogP contribution in [0.4, 0.5) is 21.5 Å². The highest BCUT2D eigenvalue weighted by atomic mass is 35.5. The summed E-state index contributed by atoms with van der Waals surface area (Å²) in [7, 11) is 0. The van der Waals surface area contributed by atoms with Crippen LogP contribution in [0.25, 0.3) is 10.9 Å². The minimum Gasteiger partial charge on any atom is -0.373 e. The third-order valence-corrected chi connectivity index (χ3v) is 8.37. The number of rotatable bonds is 9. The predicted octanol–water partition coefficient (Wildman–Crippen LogP) is 8.27. The summed E-state index contributed by atoms with van der Waals surface area (Å²) in [5.74, 6) is -0.531. The number of hydrogen-bond donors (Lipinski definition) is 2. The van der Waals surface area contributed by atoms with Gasteiger partial charge in [0.2, 0.25) is 0 Å². The van der Waals surface area contributed by atoms with Crippen molar-refractivity contribution < 1.29 is 4.39 Å². The van der Waals surface area contributed by atoms with Crippen LogP contribution < -0.4 is 10.6 Å². The molecule has 1 fully saturated rings. The lowest BCUT2D eigenvalue weighted by Crippen LogP contribution is -2.19. The van der Waals surface area contributed by atoms with Crippen LogP contribution in [0.1, 0.15) is 61.2 Å². The molecule has 11 heteroatoms. The summed E-state index contributed by atoms with van der Waals surface area (Å²) in [5, 5.41) is 26.7. The largest absolute Gasteiger partial charge is 0.373 e. The number of aromatic nitrogens is 4. The van der Waals surface area contributed by atoms with Gasteiger partial charge in [0.25, 0.3) is 0 Å². The summed E-state index contributed by atoms with van der Waals surface area (Å²) < 4.78 is 15.7.